The Morgan fingerprint density at radius 1 is 0.975 bits per heavy atom. The summed E-state index contributed by atoms with van der Waals surface area (Å²) in [4.78, 5) is 23.6. The SMILES string of the molecule is COc1cc(OC)c(F)c(N(Cc2nccn2S(=O)(=O)N(C)C)c2ccc3ncc(-c4ccncc4)nc3n2)c1. The highest BCUT2D eigenvalue weighted by Gasteiger charge is 2.26. The molecule has 0 fully saturated rings. The molecule has 0 radical (unpaired) electrons. The largest absolute Gasteiger partial charge is 0.497 e. The molecule has 12 nitrogen and oxygen atoms in total. The maximum Gasteiger partial charge on any atom is 0.308 e. The minimum Gasteiger partial charge on any atom is -0.497 e. The monoisotopic (exact) mass is 564 g/mol. The molecule has 0 spiro atoms. The smallest absolute Gasteiger partial charge is 0.308 e. The Hall–Kier alpha value is -4.69. The van der Waals surface area contributed by atoms with Gasteiger partial charge in [-0.25, -0.2) is 23.3 Å². The van der Waals surface area contributed by atoms with E-state index < -0.39 is 16.0 Å². The molecular weight excluding hydrogens is 539 g/mol. The number of hydrogen-bond donors (Lipinski definition) is 0. The summed E-state index contributed by atoms with van der Waals surface area (Å²) in [5.74, 6) is -0.0595. The highest BCUT2D eigenvalue weighted by Crippen LogP contribution is 2.37. The van der Waals surface area contributed by atoms with Gasteiger partial charge in [-0.15, -0.1) is 0 Å². The summed E-state index contributed by atoms with van der Waals surface area (Å²) in [6.45, 7) is -0.177. The Kier molecular flexibility index (Phi) is 7.28. The van der Waals surface area contributed by atoms with Crippen LogP contribution in [0.15, 0.2) is 67.4 Å². The fraction of sp³-hybridized carbons (Fsp3) is 0.192. The second-order valence-corrected chi connectivity index (χ2v) is 10.7. The van der Waals surface area contributed by atoms with E-state index in [0.29, 0.717) is 22.6 Å². The van der Waals surface area contributed by atoms with Gasteiger partial charge in [0.1, 0.15) is 22.9 Å². The lowest BCUT2D eigenvalue weighted by Gasteiger charge is -2.26. The maximum atomic E-state index is 15.8. The van der Waals surface area contributed by atoms with Gasteiger partial charge >= 0.3 is 10.2 Å². The molecule has 0 aliphatic carbocycles. The first-order valence-corrected chi connectivity index (χ1v) is 13.3. The molecule has 5 aromatic rings. The van der Waals surface area contributed by atoms with Crippen molar-refractivity contribution in [3.05, 3.63) is 79.0 Å². The zero-order chi connectivity index (χ0) is 28.4. The topological polar surface area (TPSA) is 128 Å². The Morgan fingerprint density at radius 3 is 2.45 bits per heavy atom. The van der Waals surface area contributed by atoms with E-state index in [0.717, 1.165) is 13.8 Å². The molecule has 40 heavy (non-hydrogen) atoms. The number of imidazole rings is 1. The molecule has 0 atom stereocenters. The van der Waals surface area contributed by atoms with Crippen molar-refractivity contribution in [2.75, 3.05) is 33.2 Å². The number of aromatic nitrogens is 6. The molecule has 4 aromatic heterocycles. The van der Waals surface area contributed by atoms with Crippen LogP contribution in [0.4, 0.5) is 15.9 Å². The van der Waals surface area contributed by atoms with E-state index in [9.17, 15) is 8.42 Å². The Balaban J connectivity index is 1.69. The highest BCUT2D eigenvalue weighted by molar-refractivity contribution is 7.87. The predicted octanol–water partition coefficient (Wildman–Crippen LogP) is 3.43. The Bertz CT molecular complexity index is 1780. The Morgan fingerprint density at radius 2 is 1.75 bits per heavy atom. The molecule has 0 unspecified atom stereocenters. The van der Waals surface area contributed by atoms with Gasteiger partial charge in [-0.05, 0) is 24.3 Å². The quantitative estimate of drug-likeness (QED) is 0.263. The molecule has 0 bridgehead atoms. The van der Waals surface area contributed by atoms with Gasteiger partial charge in [-0.3, -0.25) is 9.97 Å². The second-order valence-electron chi connectivity index (χ2n) is 8.68. The van der Waals surface area contributed by atoms with Crippen molar-refractivity contribution in [2.45, 2.75) is 6.54 Å². The third-order valence-corrected chi connectivity index (χ3v) is 7.83. The molecule has 0 aliphatic heterocycles. The van der Waals surface area contributed by atoms with Crippen molar-refractivity contribution < 1.29 is 22.3 Å². The molecule has 0 saturated heterocycles. The number of fused-ring (bicyclic) bond motifs is 1. The summed E-state index contributed by atoms with van der Waals surface area (Å²) < 4.78 is 54.4. The normalized spacial score (nSPS) is 11.7. The van der Waals surface area contributed by atoms with E-state index in [4.69, 9.17) is 9.47 Å². The van der Waals surface area contributed by atoms with E-state index in [1.807, 2.05) is 0 Å². The molecule has 0 saturated carbocycles. The summed E-state index contributed by atoms with van der Waals surface area (Å²) in [6.07, 6.45) is 7.61. The number of nitrogens with zero attached hydrogens (tertiary/aromatic N) is 8. The molecule has 0 N–H and O–H groups in total. The number of pyridine rings is 2. The van der Waals surface area contributed by atoms with Gasteiger partial charge in [0, 0.05) is 56.6 Å². The zero-order valence-electron chi connectivity index (χ0n) is 22.1. The molecule has 14 heteroatoms. The third-order valence-electron chi connectivity index (χ3n) is 6.07. The van der Waals surface area contributed by atoms with Crippen molar-refractivity contribution in [1.29, 1.82) is 0 Å². The van der Waals surface area contributed by atoms with Crippen molar-refractivity contribution in [1.82, 2.24) is 33.2 Å². The molecular formula is C26H25FN8O4S. The number of anilines is 2. The van der Waals surface area contributed by atoms with Gasteiger partial charge in [0.25, 0.3) is 0 Å². The van der Waals surface area contributed by atoms with Crippen LogP contribution in [0, 0.1) is 5.82 Å². The average molecular weight is 565 g/mol. The van der Waals surface area contributed by atoms with Gasteiger partial charge in [0.05, 0.1) is 38.3 Å². The van der Waals surface area contributed by atoms with E-state index in [1.165, 1.54) is 57.7 Å². The molecule has 1 aromatic carbocycles. The molecule has 206 valence electrons. The van der Waals surface area contributed by atoms with Crippen molar-refractivity contribution in [3.63, 3.8) is 0 Å². The summed E-state index contributed by atoms with van der Waals surface area (Å²) in [5.41, 5.74) is 2.22. The fourth-order valence-electron chi connectivity index (χ4n) is 3.97. The van der Waals surface area contributed by atoms with Crippen molar-refractivity contribution in [3.8, 4) is 22.8 Å². The van der Waals surface area contributed by atoms with Crippen LogP contribution in [0.1, 0.15) is 5.82 Å². The van der Waals surface area contributed by atoms with Crippen molar-refractivity contribution in [2.24, 2.45) is 0 Å². The molecule has 4 heterocycles. The average Bonchev–Trinajstić information content (AvgIpc) is 3.45. The van der Waals surface area contributed by atoms with Gasteiger partial charge in [0.15, 0.2) is 17.2 Å². The Labute approximate surface area is 229 Å². The number of methoxy groups -OCH3 is 2. The van der Waals surface area contributed by atoms with Gasteiger partial charge in [-0.2, -0.15) is 12.7 Å². The number of rotatable bonds is 9. The first-order chi connectivity index (χ1) is 19.2. The third kappa shape index (κ3) is 5.01. The zero-order valence-corrected chi connectivity index (χ0v) is 22.9. The van der Waals surface area contributed by atoms with Crippen LogP contribution in [0.2, 0.25) is 0 Å². The molecule has 0 aliphatic rings. The summed E-state index contributed by atoms with van der Waals surface area (Å²) in [5, 5.41) is 0. The van der Waals surface area contributed by atoms with Gasteiger partial charge in [0.2, 0.25) is 0 Å². The van der Waals surface area contributed by atoms with E-state index in [2.05, 4.69) is 24.9 Å². The van der Waals surface area contributed by atoms with Gasteiger partial charge in [-0.1, -0.05) is 0 Å². The number of hydrogen-bond acceptors (Lipinski definition) is 10. The van der Waals surface area contributed by atoms with Crippen molar-refractivity contribution >= 4 is 32.9 Å². The minimum atomic E-state index is -3.91. The van der Waals surface area contributed by atoms with Crippen LogP contribution in [0.5, 0.6) is 11.5 Å². The maximum absolute atomic E-state index is 15.8. The first kappa shape index (κ1) is 26.9. The number of halogens is 1. The van der Waals surface area contributed by atoms with E-state index >= 15 is 4.39 Å². The number of ether oxygens (including phenoxy) is 2. The lowest BCUT2D eigenvalue weighted by molar-refractivity contribution is 0.374. The van der Waals surface area contributed by atoms with E-state index in [1.54, 1.807) is 42.9 Å². The second kappa shape index (κ2) is 10.8. The molecule has 0 amide bonds. The van der Waals surface area contributed by atoms with Gasteiger partial charge < -0.3 is 14.4 Å². The first-order valence-electron chi connectivity index (χ1n) is 11.9. The van der Waals surface area contributed by atoms with Crippen LogP contribution in [0.25, 0.3) is 22.4 Å². The van der Waals surface area contributed by atoms with Crippen LogP contribution < -0.4 is 14.4 Å². The minimum absolute atomic E-state index is 0.0260. The number of benzene rings is 1. The predicted molar refractivity (Wildman–Crippen MR) is 146 cm³/mol. The van der Waals surface area contributed by atoms with E-state index in [-0.39, 0.29) is 29.6 Å². The summed E-state index contributed by atoms with van der Waals surface area (Å²) >= 11 is 0. The standard InChI is InChI=1S/C26H25FN8O4S/c1-33(2)40(36,37)35-12-11-29-24(35)16-34(21-13-18(38-3)14-22(39-4)25(21)27)23-6-5-19-26(32-23)31-20(15-30-19)17-7-9-28-10-8-17/h5-15H,16H2,1-4H3. The fourth-order valence-corrected chi connectivity index (χ4v) is 4.90. The van der Waals surface area contributed by atoms with Crippen LogP contribution in [-0.4, -0.2) is 69.9 Å². The molecule has 5 rings (SSSR count). The summed E-state index contributed by atoms with van der Waals surface area (Å²) in [7, 11) is 1.70. The van der Waals surface area contributed by atoms with Crippen LogP contribution in [-0.2, 0) is 16.8 Å². The van der Waals surface area contributed by atoms with Crippen LogP contribution in [0.3, 0.4) is 0 Å². The lowest BCUT2D eigenvalue weighted by Crippen LogP contribution is -2.31. The lowest BCUT2D eigenvalue weighted by atomic mass is 10.2. The van der Waals surface area contributed by atoms with Crippen LogP contribution >= 0.6 is 0 Å². The highest BCUT2D eigenvalue weighted by atomic mass is 32.2. The summed E-state index contributed by atoms with van der Waals surface area (Å²) in [6, 6.07) is 9.82.